The molecule has 74 valence electrons. The SMILES string of the molecule is C=CCN(CCCC(N)=O)C(C)=O. The van der Waals surface area contributed by atoms with Gasteiger partial charge in [-0.15, -0.1) is 6.58 Å². The average molecular weight is 184 g/mol. The lowest BCUT2D eigenvalue weighted by Gasteiger charge is -2.18. The summed E-state index contributed by atoms with van der Waals surface area (Å²) in [6, 6.07) is 0. The molecule has 13 heavy (non-hydrogen) atoms. The van der Waals surface area contributed by atoms with Crippen molar-refractivity contribution in [1.82, 2.24) is 4.90 Å². The first-order valence-corrected chi connectivity index (χ1v) is 4.22. The monoisotopic (exact) mass is 184 g/mol. The average Bonchev–Trinajstić information content (AvgIpc) is 2.02. The Hall–Kier alpha value is -1.32. The summed E-state index contributed by atoms with van der Waals surface area (Å²) >= 11 is 0. The molecule has 0 aromatic rings. The molecule has 2 amide bonds. The van der Waals surface area contributed by atoms with Crippen molar-refractivity contribution in [2.45, 2.75) is 19.8 Å². The van der Waals surface area contributed by atoms with E-state index in [2.05, 4.69) is 6.58 Å². The Kier molecular flexibility index (Phi) is 5.59. The second-order valence-corrected chi connectivity index (χ2v) is 2.82. The van der Waals surface area contributed by atoms with Gasteiger partial charge in [0.25, 0.3) is 0 Å². The topological polar surface area (TPSA) is 63.4 Å². The van der Waals surface area contributed by atoms with E-state index >= 15 is 0 Å². The van der Waals surface area contributed by atoms with Crippen molar-refractivity contribution in [3.8, 4) is 0 Å². The van der Waals surface area contributed by atoms with Gasteiger partial charge in [-0.25, -0.2) is 0 Å². The number of hydrogen-bond donors (Lipinski definition) is 1. The summed E-state index contributed by atoms with van der Waals surface area (Å²) < 4.78 is 0. The maximum Gasteiger partial charge on any atom is 0.219 e. The Bertz CT molecular complexity index is 202. The second kappa shape index (κ2) is 6.22. The van der Waals surface area contributed by atoms with E-state index in [1.54, 1.807) is 11.0 Å². The number of nitrogens with zero attached hydrogens (tertiary/aromatic N) is 1. The largest absolute Gasteiger partial charge is 0.370 e. The van der Waals surface area contributed by atoms with E-state index in [4.69, 9.17) is 5.73 Å². The van der Waals surface area contributed by atoms with Gasteiger partial charge in [0.1, 0.15) is 0 Å². The lowest BCUT2D eigenvalue weighted by molar-refractivity contribution is -0.128. The molecule has 0 saturated carbocycles. The highest BCUT2D eigenvalue weighted by Gasteiger charge is 2.06. The van der Waals surface area contributed by atoms with Crippen LogP contribution in [0.25, 0.3) is 0 Å². The van der Waals surface area contributed by atoms with E-state index in [0.29, 0.717) is 25.9 Å². The van der Waals surface area contributed by atoms with Gasteiger partial charge in [0.15, 0.2) is 0 Å². The minimum atomic E-state index is -0.331. The predicted molar refractivity (Wildman–Crippen MR) is 50.9 cm³/mol. The number of amides is 2. The third kappa shape index (κ3) is 5.90. The van der Waals surface area contributed by atoms with Crippen LogP contribution in [0, 0.1) is 0 Å². The molecule has 0 aromatic carbocycles. The summed E-state index contributed by atoms with van der Waals surface area (Å²) in [4.78, 5) is 23.0. The minimum absolute atomic E-state index is 0.00984. The molecule has 0 saturated heterocycles. The molecular weight excluding hydrogens is 168 g/mol. The van der Waals surface area contributed by atoms with E-state index in [-0.39, 0.29) is 11.8 Å². The van der Waals surface area contributed by atoms with Crippen molar-refractivity contribution in [2.75, 3.05) is 13.1 Å². The van der Waals surface area contributed by atoms with E-state index in [1.165, 1.54) is 6.92 Å². The van der Waals surface area contributed by atoms with Crippen LogP contribution in [-0.4, -0.2) is 29.8 Å². The standard InChI is InChI=1S/C9H16N2O2/c1-3-6-11(8(2)12)7-4-5-9(10)13/h3H,1,4-7H2,2H3,(H2,10,13). The normalized spacial score (nSPS) is 9.31. The molecule has 0 spiro atoms. The molecule has 0 unspecified atom stereocenters. The van der Waals surface area contributed by atoms with Gasteiger partial charge in [0.2, 0.25) is 11.8 Å². The Labute approximate surface area is 78.4 Å². The maximum atomic E-state index is 11.0. The fraction of sp³-hybridized carbons (Fsp3) is 0.556. The number of hydrogen-bond acceptors (Lipinski definition) is 2. The summed E-state index contributed by atoms with van der Waals surface area (Å²) in [5.74, 6) is -0.341. The van der Waals surface area contributed by atoms with Gasteiger partial charge in [-0.05, 0) is 6.42 Å². The lowest BCUT2D eigenvalue weighted by atomic mass is 10.3. The lowest BCUT2D eigenvalue weighted by Crippen LogP contribution is -2.30. The smallest absolute Gasteiger partial charge is 0.219 e. The molecule has 4 heteroatoms. The van der Waals surface area contributed by atoms with Crippen LogP contribution < -0.4 is 5.73 Å². The summed E-state index contributed by atoms with van der Waals surface area (Å²) in [6.45, 7) is 6.12. The first-order chi connectivity index (χ1) is 6.07. The Morgan fingerprint density at radius 1 is 1.54 bits per heavy atom. The van der Waals surface area contributed by atoms with Crippen molar-refractivity contribution in [3.05, 3.63) is 12.7 Å². The van der Waals surface area contributed by atoms with Gasteiger partial charge in [0, 0.05) is 26.4 Å². The quantitative estimate of drug-likeness (QED) is 0.603. The van der Waals surface area contributed by atoms with Crippen LogP contribution in [-0.2, 0) is 9.59 Å². The van der Waals surface area contributed by atoms with Crippen molar-refractivity contribution in [1.29, 1.82) is 0 Å². The predicted octanol–water partition coefficient (Wildman–Crippen LogP) is 0.286. The summed E-state index contributed by atoms with van der Waals surface area (Å²) in [6.07, 6.45) is 2.59. The van der Waals surface area contributed by atoms with E-state index in [1.807, 2.05) is 0 Å². The van der Waals surface area contributed by atoms with Crippen LogP contribution >= 0.6 is 0 Å². The first kappa shape index (κ1) is 11.7. The van der Waals surface area contributed by atoms with Crippen molar-refractivity contribution < 1.29 is 9.59 Å². The molecule has 0 rings (SSSR count). The molecule has 0 aromatic heterocycles. The van der Waals surface area contributed by atoms with Gasteiger partial charge < -0.3 is 10.6 Å². The van der Waals surface area contributed by atoms with Crippen LogP contribution in [0.2, 0.25) is 0 Å². The van der Waals surface area contributed by atoms with Crippen molar-refractivity contribution >= 4 is 11.8 Å². The zero-order valence-corrected chi connectivity index (χ0v) is 7.95. The number of rotatable bonds is 6. The summed E-state index contributed by atoms with van der Waals surface area (Å²) in [7, 11) is 0. The molecule has 0 atom stereocenters. The number of nitrogens with two attached hydrogens (primary N) is 1. The highest BCUT2D eigenvalue weighted by molar-refractivity contribution is 5.74. The van der Waals surface area contributed by atoms with Gasteiger partial charge >= 0.3 is 0 Å². The third-order valence-electron chi connectivity index (χ3n) is 1.65. The number of primary amides is 1. The Balaban J connectivity index is 3.75. The van der Waals surface area contributed by atoms with Gasteiger partial charge in [-0.3, -0.25) is 9.59 Å². The zero-order valence-electron chi connectivity index (χ0n) is 7.95. The number of carbonyl (C=O) groups is 2. The zero-order chi connectivity index (χ0) is 10.3. The first-order valence-electron chi connectivity index (χ1n) is 4.22. The molecule has 4 nitrogen and oxygen atoms in total. The Morgan fingerprint density at radius 3 is 2.54 bits per heavy atom. The van der Waals surface area contributed by atoms with E-state index in [9.17, 15) is 9.59 Å². The molecule has 0 bridgehead atoms. The Morgan fingerprint density at radius 2 is 2.15 bits per heavy atom. The fourth-order valence-electron chi connectivity index (χ4n) is 0.977. The van der Waals surface area contributed by atoms with Crippen LogP contribution in [0.4, 0.5) is 0 Å². The molecule has 0 aliphatic carbocycles. The summed E-state index contributed by atoms with van der Waals surface area (Å²) in [5.41, 5.74) is 4.97. The molecule has 0 aliphatic rings. The molecular formula is C9H16N2O2. The highest BCUT2D eigenvalue weighted by Crippen LogP contribution is 1.95. The molecule has 0 aliphatic heterocycles. The van der Waals surface area contributed by atoms with Crippen molar-refractivity contribution in [2.24, 2.45) is 5.73 Å². The molecule has 0 fully saturated rings. The minimum Gasteiger partial charge on any atom is -0.370 e. The van der Waals surface area contributed by atoms with Crippen LogP contribution in [0.5, 0.6) is 0 Å². The molecule has 2 N–H and O–H groups in total. The molecule has 0 radical (unpaired) electrons. The van der Waals surface area contributed by atoms with Gasteiger partial charge in [-0.1, -0.05) is 6.08 Å². The van der Waals surface area contributed by atoms with Crippen LogP contribution in [0.1, 0.15) is 19.8 Å². The summed E-state index contributed by atoms with van der Waals surface area (Å²) in [5, 5.41) is 0. The van der Waals surface area contributed by atoms with Crippen molar-refractivity contribution in [3.63, 3.8) is 0 Å². The van der Waals surface area contributed by atoms with E-state index < -0.39 is 0 Å². The van der Waals surface area contributed by atoms with Gasteiger partial charge in [0.05, 0.1) is 0 Å². The molecule has 0 heterocycles. The van der Waals surface area contributed by atoms with Crippen LogP contribution in [0.15, 0.2) is 12.7 Å². The van der Waals surface area contributed by atoms with Gasteiger partial charge in [-0.2, -0.15) is 0 Å². The third-order valence-corrected chi connectivity index (χ3v) is 1.65. The fourth-order valence-corrected chi connectivity index (χ4v) is 0.977. The van der Waals surface area contributed by atoms with E-state index in [0.717, 1.165) is 0 Å². The number of carbonyl (C=O) groups excluding carboxylic acids is 2. The van der Waals surface area contributed by atoms with Crippen LogP contribution in [0.3, 0.4) is 0 Å². The second-order valence-electron chi connectivity index (χ2n) is 2.82. The maximum absolute atomic E-state index is 11.0. The highest BCUT2D eigenvalue weighted by atomic mass is 16.2.